The largest absolute Gasteiger partial charge is 0.467 e. The number of esters is 1. The van der Waals surface area contributed by atoms with E-state index in [2.05, 4.69) is 4.98 Å². The maximum absolute atomic E-state index is 13.7. The molecule has 0 aliphatic carbocycles. The highest BCUT2D eigenvalue weighted by atomic mass is 32.1. The number of carbonyl (C=O) groups is 1. The van der Waals surface area contributed by atoms with Crippen molar-refractivity contribution in [2.45, 2.75) is 19.9 Å². The molecule has 0 saturated heterocycles. The van der Waals surface area contributed by atoms with E-state index in [-0.39, 0.29) is 5.56 Å². The fourth-order valence-corrected chi connectivity index (χ4v) is 4.75. The van der Waals surface area contributed by atoms with Crippen LogP contribution in [0.2, 0.25) is 0 Å². The molecule has 1 unspecified atom stereocenters. The van der Waals surface area contributed by atoms with Gasteiger partial charge in [-0.25, -0.2) is 9.78 Å². The molecule has 6 heteroatoms. The minimum atomic E-state index is -0.894. The number of aromatic nitrogens is 2. The predicted octanol–water partition coefficient (Wildman–Crippen LogP) is 4.50. The van der Waals surface area contributed by atoms with Gasteiger partial charge >= 0.3 is 5.97 Å². The van der Waals surface area contributed by atoms with E-state index in [9.17, 15) is 9.59 Å². The molecule has 0 aliphatic rings. The Labute approximate surface area is 172 Å². The third-order valence-electron chi connectivity index (χ3n) is 4.97. The number of thiophene rings is 1. The highest BCUT2D eigenvalue weighted by Gasteiger charge is 2.29. The first kappa shape index (κ1) is 19.1. The van der Waals surface area contributed by atoms with Crippen LogP contribution in [-0.4, -0.2) is 22.6 Å². The van der Waals surface area contributed by atoms with E-state index in [4.69, 9.17) is 4.74 Å². The second kappa shape index (κ2) is 7.64. The van der Waals surface area contributed by atoms with Crippen molar-refractivity contribution in [3.63, 3.8) is 0 Å². The van der Waals surface area contributed by atoms with Crippen LogP contribution in [0.1, 0.15) is 22.3 Å². The number of carbonyl (C=O) groups excluding carboxylic acids is 1. The van der Waals surface area contributed by atoms with E-state index in [1.54, 1.807) is 6.92 Å². The van der Waals surface area contributed by atoms with Gasteiger partial charge in [-0.15, -0.1) is 11.3 Å². The summed E-state index contributed by atoms with van der Waals surface area (Å²) in [7, 11) is 1.33. The van der Waals surface area contributed by atoms with Gasteiger partial charge in [0.1, 0.15) is 10.7 Å². The van der Waals surface area contributed by atoms with E-state index in [0.29, 0.717) is 21.6 Å². The van der Waals surface area contributed by atoms with Crippen LogP contribution in [0.15, 0.2) is 65.5 Å². The number of rotatable bonds is 4. The van der Waals surface area contributed by atoms with E-state index in [1.807, 2.05) is 67.6 Å². The monoisotopic (exact) mass is 404 g/mol. The van der Waals surface area contributed by atoms with Gasteiger partial charge in [-0.2, -0.15) is 0 Å². The van der Waals surface area contributed by atoms with Gasteiger partial charge in [0.2, 0.25) is 0 Å². The first-order valence-corrected chi connectivity index (χ1v) is 10.0. The van der Waals surface area contributed by atoms with Gasteiger partial charge in [-0.1, -0.05) is 60.7 Å². The molecule has 0 N–H and O–H groups in total. The van der Waals surface area contributed by atoms with Gasteiger partial charge in [-0.05, 0) is 25.0 Å². The Bertz CT molecular complexity index is 1240. The number of aryl methyl sites for hydroxylation is 2. The third-order valence-corrected chi connectivity index (χ3v) is 5.97. The Balaban J connectivity index is 2.05. The second-order valence-electron chi connectivity index (χ2n) is 6.75. The molecule has 146 valence electrons. The van der Waals surface area contributed by atoms with E-state index in [0.717, 1.165) is 16.0 Å². The Hall–Kier alpha value is -3.25. The van der Waals surface area contributed by atoms with Crippen LogP contribution >= 0.6 is 11.3 Å². The summed E-state index contributed by atoms with van der Waals surface area (Å²) in [5.41, 5.74) is 2.27. The number of ether oxygens (including phenoxy) is 1. The van der Waals surface area contributed by atoms with Crippen molar-refractivity contribution in [1.82, 2.24) is 9.55 Å². The SMILES string of the molecule is COC(=O)C(c1ccccc1)n1c(C)nc2sc(C)c(-c3ccccc3)c2c1=O. The Morgan fingerprint density at radius 2 is 1.66 bits per heavy atom. The fraction of sp³-hybridized carbons (Fsp3) is 0.174. The molecule has 0 radical (unpaired) electrons. The number of hydrogen-bond donors (Lipinski definition) is 0. The van der Waals surface area contributed by atoms with Crippen LogP contribution in [0.3, 0.4) is 0 Å². The lowest BCUT2D eigenvalue weighted by Crippen LogP contribution is -2.33. The Morgan fingerprint density at radius 1 is 1.03 bits per heavy atom. The summed E-state index contributed by atoms with van der Waals surface area (Å²) in [6.07, 6.45) is 0. The van der Waals surface area contributed by atoms with Crippen molar-refractivity contribution in [1.29, 1.82) is 0 Å². The zero-order valence-electron chi connectivity index (χ0n) is 16.4. The summed E-state index contributed by atoms with van der Waals surface area (Å²) in [6.45, 7) is 3.74. The van der Waals surface area contributed by atoms with Crippen molar-refractivity contribution >= 4 is 27.5 Å². The average molecular weight is 404 g/mol. The van der Waals surface area contributed by atoms with Crippen molar-refractivity contribution in [2.24, 2.45) is 0 Å². The van der Waals surface area contributed by atoms with E-state index in [1.165, 1.54) is 23.0 Å². The van der Waals surface area contributed by atoms with Crippen LogP contribution in [0.25, 0.3) is 21.3 Å². The van der Waals surface area contributed by atoms with Crippen molar-refractivity contribution in [3.05, 3.63) is 87.3 Å². The first-order valence-electron chi connectivity index (χ1n) is 9.23. The summed E-state index contributed by atoms with van der Waals surface area (Å²) in [6, 6.07) is 18.1. The minimum Gasteiger partial charge on any atom is -0.467 e. The molecule has 5 nitrogen and oxygen atoms in total. The zero-order valence-corrected chi connectivity index (χ0v) is 17.2. The highest BCUT2D eigenvalue weighted by molar-refractivity contribution is 7.19. The number of methoxy groups -OCH3 is 1. The molecule has 1 atom stereocenters. The van der Waals surface area contributed by atoms with Crippen molar-refractivity contribution in [2.75, 3.05) is 7.11 Å². The highest BCUT2D eigenvalue weighted by Crippen LogP contribution is 2.36. The normalized spacial score (nSPS) is 12.1. The molecule has 0 saturated carbocycles. The standard InChI is InChI=1S/C23H20N2O3S/c1-14-18(16-10-6-4-7-11-16)19-21(29-14)24-15(2)25(22(19)26)20(23(27)28-3)17-12-8-5-9-13-17/h4-13,20H,1-3H3. The molecule has 0 amide bonds. The summed E-state index contributed by atoms with van der Waals surface area (Å²) in [5, 5.41) is 0.536. The average Bonchev–Trinajstić information content (AvgIpc) is 3.07. The van der Waals surface area contributed by atoms with Crippen LogP contribution in [0.4, 0.5) is 0 Å². The van der Waals surface area contributed by atoms with Gasteiger partial charge in [-0.3, -0.25) is 9.36 Å². The maximum Gasteiger partial charge on any atom is 0.333 e. The predicted molar refractivity (Wildman–Crippen MR) is 115 cm³/mol. The number of nitrogens with zero attached hydrogens (tertiary/aromatic N) is 2. The lowest BCUT2D eigenvalue weighted by Gasteiger charge is -2.20. The minimum absolute atomic E-state index is 0.241. The van der Waals surface area contributed by atoms with E-state index < -0.39 is 12.0 Å². The van der Waals surface area contributed by atoms with Crippen LogP contribution in [-0.2, 0) is 9.53 Å². The molecule has 29 heavy (non-hydrogen) atoms. The molecule has 2 aromatic carbocycles. The topological polar surface area (TPSA) is 61.2 Å². The van der Waals surface area contributed by atoms with Gasteiger partial charge in [0.05, 0.1) is 12.5 Å². The summed E-state index contributed by atoms with van der Waals surface area (Å²) >= 11 is 1.49. The molecule has 2 aromatic heterocycles. The number of benzene rings is 2. The van der Waals surface area contributed by atoms with Gasteiger partial charge in [0.25, 0.3) is 5.56 Å². The zero-order chi connectivity index (χ0) is 20.5. The lowest BCUT2D eigenvalue weighted by atomic mass is 10.0. The van der Waals surface area contributed by atoms with Crippen molar-refractivity contribution < 1.29 is 9.53 Å². The van der Waals surface area contributed by atoms with E-state index >= 15 is 0 Å². The van der Waals surface area contributed by atoms with Gasteiger partial charge in [0.15, 0.2) is 6.04 Å². The first-order chi connectivity index (χ1) is 14.0. The van der Waals surface area contributed by atoms with Gasteiger partial charge < -0.3 is 4.74 Å². The lowest BCUT2D eigenvalue weighted by molar-refractivity contribution is -0.143. The quantitative estimate of drug-likeness (QED) is 0.470. The maximum atomic E-state index is 13.7. The third kappa shape index (κ3) is 3.25. The molecular weight excluding hydrogens is 384 g/mol. The molecular formula is C23H20N2O3S. The summed E-state index contributed by atoms with van der Waals surface area (Å²) in [4.78, 5) is 32.8. The summed E-state index contributed by atoms with van der Waals surface area (Å²) < 4.78 is 6.49. The Morgan fingerprint density at radius 3 is 2.28 bits per heavy atom. The van der Waals surface area contributed by atoms with Crippen molar-refractivity contribution in [3.8, 4) is 11.1 Å². The van der Waals surface area contributed by atoms with Crippen LogP contribution in [0.5, 0.6) is 0 Å². The molecule has 2 heterocycles. The molecule has 0 aliphatic heterocycles. The smallest absolute Gasteiger partial charge is 0.333 e. The second-order valence-corrected chi connectivity index (χ2v) is 7.95. The molecule has 4 rings (SSSR count). The summed E-state index contributed by atoms with van der Waals surface area (Å²) in [5.74, 6) is -0.0293. The Kier molecular flexibility index (Phi) is 5.03. The van der Waals surface area contributed by atoms with Crippen LogP contribution < -0.4 is 5.56 Å². The molecule has 4 aromatic rings. The fourth-order valence-electron chi connectivity index (χ4n) is 3.67. The number of hydrogen-bond acceptors (Lipinski definition) is 5. The number of fused-ring (bicyclic) bond motifs is 1. The van der Waals surface area contributed by atoms with Crippen LogP contribution in [0, 0.1) is 13.8 Å². The molecule has 0 fully saturated rings. The van der Waals surface area contributed by atoms with Gasteiger partial charge in [0, 0.05) is 10.4 Å². The molecule has 0 spiro atoms. The molecule has 0 bridgehead atoms.